The van der Waals surface area contributed by atoms with E-state index in [0.29, 0.717) is 0 Å². The van der Waals surface area contributed by atoms with Crippen molar-refractivity contribution in [2.45, 2.75) is 0 Å². The summed E-state index contributed by atoms with van der Waals surface area (Å²) in [5.74, 6) is 0. The van der Waals surface area contributed by atoms with Crippen LogP contribution in [0.3, 0.4) is 0 Å². The van der Waals surface area contributed by atoms with Gasteiger partial charge in [0, 0.05) is 8.56 Å². The number of hydrogen-bond acceptors (Lipinski definition) is 3. The van der Waals surface area contributed by atoms with Crippen molar-refractivity contribution < 1.29 is 66.3 Å². The van der Waals surface area contributed by atoms with Crippen LogP contribution in [0.4, 0.5) is 0 Å². The first-order chi connectivity index (χ1) is 6.00. The van der Waals surface area contributed by atoms with E-state index >= 15 is 0 Å². The Morgan fingerprint density at radius 2 is 0.500 bits per heavy atom. The van der Waals surface area contributed by atoms with Gasteiger partial charge in [-0.05, 0) is 0 Å². The van der Waals surface area contributed by atoms with Gasteiger partial charge in [0.25, 0.3) is 0 Å². The van der Waals surface area contributed by atoms with E-state index in [0.717, 1.165) is 0 Å². The third-order valence-electron chi connectivity index (χ3n) is 0. The molecule has 9 N–H and O–H groups in total. The summed E-state index contributed by atoms with van der Waals surface area (Å²) in [4.78, 5) is 64.7. The van der Waals surface area contributed by atoms with E-state index in [1.54, 1.807) is 0 Å². The second-order valence-electron chi connectivity index (χ2n) is 1.54. The molecule has 0 saturated carbocycles. The van der Waals surface area contributed by atoms with Crippen molar-refractivity contribution in [2.24, 2.45) is 0 Å². The summed E-state index contributed by atoms with van der Waals surface area (Å²) < 4.78 is 26.6. The van der Waals surface area contributed by atoms with Gasteiger partial charge in [-0.3, -0.25) is 0 Å². The summed E-state index contributed by atoms with van der Waals surface area (Å²) in [7, 11) is -13.9. The van der Waals surface area contributed by atoms with Crippen LogP contribution in [0, 0.1) is 0 Å². The van der Waals surface area contributed by atoms with Crippen molar-refractivity contribution in [2.75, 3.05) is 0 Å². The van der Waals surface area contributed by atoms with Crippen LogP contribution in [-0.4, -0.2) is 73.6 Å². The van der Waals surface area contributed by atoms with Gasteiger partial charge in [-0.1, -0.05) is 0 Å². The van der Waals surface area contributed by atoms with Crippen LogP contribution >= 0.6 is 23.5 Å². The normalized spacial score (nSPS) is 11.1. The number of hydrogen-bond donors (Lipinski definition) is 9. The zero-order valence-electron chi connectivity index (χ0n) is 6.59. The van der Waals surface area contributed by atoms with E-state index < -0.39 is 23.5 Å². The van der Waals surface area contributed by atoms with E-state index in [2.05, 4.69) is 0 Å². The van der Waals surface area contributed by atoms with Gasteiger partial charge in [0.1, 0.15) is 0 Å². The fourth-order valence-corrected chi connectivity index (χ4v) is 0. The van der Waals surface area contributed by atoms with E-state index in [9.17, 15) is 0 Å². The fraction of sp³-hybridized carbons (Fsp3) is 0. The molecule has 0 aromatic rings. The summed E-state index contributed by atoms with van der Waals surface area (Å²) in [6, 6.07) is 0. The van der Waals surface area contributed by atoms with Crippen molar-refractivity contribution in [3.05, 3.63) is 0 Å². The van der Waals surface area contributed by atoms with Crippen LogP contribution in [-0.2, 0) is 13.7 Å². The standard InChI is InChI=1S/Na.3H3O4P.6H2.H/c;3*1-5(2,3)4;;;;;;;/h;3*(H3,1,2,3,4);6*1H;. The Hall–Kier alpha value is 1.33. The van der Waals surface area contributed by atoms with E-state index in [4.69, 9.17) is 57.7 Å². The molecule has 0 amide bonds. The quantitative estimate of drug-likeness (QED) is 0.174. The van der Waals surface area contributed by atoms with Crippen molar-refractivity contribution in [1.29, 1.82) is 0 Å². The molecule has 0 atom stereocenters. The molecule has 0 aromatic carbocycles. The molecule has 0 saturated heterocycles. The molecule has 0 aromatic heterocycles. The van der Waals surface area contributed by atoms with Crippen LogP contribution in [0.2, 0.25) is 0 Å². The van der Waals surface area contributed by atoms with Crippen molar-refractivity contribution >= 4 is 53.0 Å². The molecule has 0 rings (SSSR count). The molecule has 16 heavy (non-hydrogen) atoms. The first-order valence-electron chi connectivity index (χ1n) is 2.35. The average molecular weight is 330 g/mol. The van der Waals surface area contributed by atoms with Crippen LogP contribution in [0.15, 0.2) is 0 Å². The fourth-order valence-electron chi connectivity index (χ4n) is 0. The van der Waals surface area contributed by atoms with E-state index in [1.165, 1.54) is 0 Å². The van der Waals surface area contributed by atoms with Gasteiger partial charge < -0.3 is 44.0 Å². The molecule has 0 radical (unpaired) electrons. The first kappa shape index (κ1) is 26.0. The molecular weight excluding hydrogens is 308 g/mol. The monoisotopic (exact) mass is 330 g/mol. The molecule has 0 aliphatic carbocycles. The molecule has 0 heterocycles. The van der Waals surface area contributed by atoms with Gasteiger partial charge >= 0.3 is 53.0 Å². The summed E-state index contributed by atoms with van der Waals surface area (Å²) in [6.45, 7) is 0. The third-order valence-corrected chi connectivity index (χ3v) is 0. The molecule has 0 spiro atoms. The predicted molar refractivity (Wildman–Crippen MR) is 62.6 cm³/mol. The van der Waals surface area contributed by atoms with Crippen LogP contribution < -0.4 is 0 Å². The van der Waals surface area contributed by atoms with Crippen molar-refractivity contribution in [1.82, 2.24) is 0 Å². The van der Waals surface area contributed by atoms with Crippen molar-refractivity contribution in [3.63, 3.8) is 0 Å². The SMILES string of the molecule is O=P(O)(O)O.O=P(O)(O)O.O=P(O)(O)O.[HH].[HH].[HH].[HH].[HH].[HH].[NaH]. The molecule has 12 nitrogen and oxygen atoms in total. The zero-order chi connectivity index (χ0) is 13.5. The molecule has 0 fully saturated rings. The number of rotatable bonds is 0. The van der Waals surface area contributed by atoms with Gasteiger partial charge in [-0.15, -0.1) is 0 Å². The molecule has 0 aliphatic rings. The summed E-state index contributed by atoms with van der Waals surface area (Å²) in [5, 5.41) is 0. The topological polar surface area (TPSA) is 233 Å². The number of phosphoric acid groups is 3. The van der Waals surface area contributed by atoms with Gasteiger partial charge in [0.2, 0.25) is 0 Å². The first-order valence-corrected chi connectivity index (χ1v) is 7.04. The molecule has 16 heteroatoms. The maximum absolute atomic E-state index is 8.88. The summed E-state index contributed by atoms with van der Waals surface area (Å²) in [6.07, 6.45) is 0. The Balaban J connectivity index is -0.0000000106. The zero-order valence-corrected chi connectivity index (χ0v) is 9.27. The Bertz CT molecular complexity index is 221. The average Bonchev–Trinajstić information content (AvgIpc) is 1.41. The maximum atomic E-state index is 8.88. The second-order valence-corrected chi connectivity index (χ2v) is 4.62. The van der Waals surface area contributed by atoms with Gasteiger partial charge in [-0.2, -0.15) is 0 Å². The Morgan fingerprint density at radius 3 is 0.500 bits per heavy atom. The molecular formula is H22NaO12P3. The molecule has 0 aliphatic heterocycles. The minimum atomic E-state index is -4.64. The molecule has 110 valence electrons. The van der Waals surface area contributed by atoms with Crippen LogP contribution in [0.1, 0.15) is 8.56 Å². The van der Waals surface area contributed by atoms with Crippen molar-refractivity contribution in [3.8, 4) is 0 Å². The Labute approximate surface area is 120 Å². The molecule has 0 unspecified atom stereocenters. The molecule has 0 bridgehead atoms. The van der Waals surface area contributed by atoms with Crippen LogP contribution in [0.5, 0.6) is 0 Å². The minimum absolute atomic E-state index is 0. The second kappa shape index (κ2) is 10.3. The third kappa shape index (κ3) is 1780. The van der Waals surface area contributed by atoms with Crippen LogP contribution in [0.25, 0.3) is 0 Å². The Kier molecular flexibility index (Phi) is 16.7. The van der Waals surface area contributed by atoms with Gasteiger partial charge in [0.05, 0.1) is 0 Å². The summed E-state index contributed by atoms with van der Waals surface area (Å²) >= 11 is 0. The van der Waals surface area contributed by atoms with Gasteiger partial charge in [0.15, 0.2) is 0 Å². The summed E-state index contributed by atoms with van der Waals surface area (Å²) in [5.41, 5.74) is 0. The predicted octanol–water partition coefficient (Wildman–Crippen LogP) is -1.96. The van der Waals surface area contributed by atoms with E-state index in [1.807, 2.05) is 0 Å². The van der Waals surface area contributed by atoms with Gasteiger partial charge in [-0.25, -0.2) is 13.7 Å². The van der Waals surface area contributed by atoms with E-state index in [-0.39, 0.29) is 38.1 Å². The Morgan fingerprint density at radius 1 is 0.500 bits per heavy atom.